The van der Waals surface area contributed by atoms with Gasteiger partial charge in [0, 0.05) is 24.3 Å². The first kappa shape index (κ1) is 21.5. The Morgan fingerprint density at radius 1 is 1.03 bits per heavy atom. The maximum absolute atomic E-state index is 12.7. The number of hydrogen-bond acceptors (Lipinski definition) is 6. The van der Waals surface area contributed by atoms with Gasteiger partial charge >= 0.3 is 0 Å². The Morgan fingerprint density at radius 3 is 2.59 bits per heavy atom. The van der Waals surface area contributed by atoms with E-state index in [0.29, 0.717) is 28.4 Å². The third-order valence-electron chi connectivity index (χ3n) is 5.28. The van der Waals surface area contributed by atoms with Crippen LogP contribution in [0.5, 0.6) is 0 Å². The van der Waals surface area contributed by atoms with Gasteiger partial charge in [0.05, 0.1) is 22.7 Å². The monoisotopic (exact) mass is 449 g/mol. The normalized spacial score (nSPS) is 15.8. The summed E-state index contributed by atoms with van der Waals surface area (Å²) in [6.45, 7) is 1.37. The molecular formula is C23H23N5O3S. The van der Waals surface area contributed by atoms with Crippen LogP contribution in [0.4, 0.5) is 17.2 Å². The lowest BCUT2D eigenvalue weighted by atomic mass is 9.97. The lowest BCUT2D eigenvalue weighted by Gasteiger charge is -2.32. The third kappa shape index (κ3) is 5.12. The van der Waals surface area contributed by atoms with Crippen molar-refractivity contribution in [3.63, 3.8) is 0 Å². The minimum absolute atomic E-state index is 0.169. The number of carbonyl (C=O) groups is 3. The zero-order valence-corrected chi connectivity index (χ0v) is 18.1. The average molecular weight is 450 g/mol. The molecule has 1 saturated heterocycles. The molecule has 3 heterocycles. The van der Waals surface area contributed by atoms with Crippen LogP contribution in [0.2, 0.25) is 0 Å². The van der Waals surface area contributed by atoms with E-state index in [1.165, 1.54) is 11.3 Å². The van der Waals surface area contributed by atoms with E-state index >= 15 is 0 Å². The molecule has 1 atom stereocenters. The minimum atomic E-state index is -0.307. The topological polar surface area (TPSA) is 117 Å². The zero-order chi connectivity index (χ0) is 22.5. The summed E-state index contributed by atoms with van der Waals surface area (Å²) in [5.41, 5.74) is 6.95. The van der Waals surface area contributed by atoms with Crippen molar-refractivity contribution in [2.45, 2.75) is 12.8 Å². The van der Waals surface area contributed by atoms with Crippen LogP contribution in [0.15, 0.2) is 60.1 Å². The van der Waals surface area contributed by atoms with Crippen LogP contribution < -0.4 is 21.3 Å². The maximum atomic E-state index is 12.7. The van der Waals surface area contributed by atoms with Crippen molar-refractivity contribution in [2.75, 3.05) is 28.6 Å². The van der Waals surface area contributed by atoms with Crippen molar-refractivity contribution in [1.82, 2.24) is 4.98 Å². The number of amides is 3. The first-order chi connectivity index (χ1) is 15.5. The number of benzene rings is 1. The summed E-state index contributed by atoms with van der Waals surface area (Å²) in [7, 11) is 0. The molecule has 9 heteroatoms. The van der Waals surface area contributed by atoms with Gasteiger partial charge in [-0.05, 0) is 54.6 Å². The van der Waals surface area contributed by atoms with Gasteiger partial charge in [0.1, 0.15) is 5.82 Å². The second kappa shape index (κ2) is 9.61. The molecule has 0 spiro atoms. The summed E-state index contributed by atoms with van der Waals surface area (Å²) in [6.07, 6.45) is 3.27. The quantitative estimate of drug-likeness (QED) is 0.533. The lowest BCUT2D eigenvalue weighted by molar-refractivity contribution is -0.122. The van der Waals surface area contributed by atoms with Gasteiger partial charge in [0.2, 0.25) is 5.91 Å². The predicted octanol–water partition coefficient (Wildman–Crippen LogP) is 3.35. The molecule has 3 aromatic rings. The fourth-order valence-corrected chi connectivity index (χ4v) is 4.23. The molecule has 32 heavy (non-hydrogen) atoms. The van der Waals surface area contributed by atoms with Gasteiger partial charge in [-0.1, -0.05) is 12.1 Å². The van der Waals surface area contributed by atoms with E-state index in [0.717, 1.165) is 25.2 Å². The van der Waals surface area contributed by atoms with Crippen LogP contribution in [0.1, 0.15) is 32.9 Å². The molecule has 2 aromatic heterocycles. The molecule has 4 rings (SSSR count). The summed E-state index contributed by atoms with van der Waals surface area (Å²) < 4.78 is 0. The summed E-state index contributed by atoms with van der Waals surface area (Å²) >= 11 is 1.35. The number of nitrogens with zero attached hydrogens (tertiary/aromatic N) is 2. The SMILES string of the molecule is NC(=O)C1CCCN(c2ccc(NC(=O)c3cccc(NC(=O)c4cccs4)c3)cn2)C1. The Morgan fingerprint density at radius 2 is 1.88 bits per heavy atom. The van der Waals surface area contributed by atoms with Crippen LogP contribution in [0.3, 0.4) is 0 Å². The molecule has 164 valence electrons. The van der Waals surface area contributed by atoms with Gasteiger partial charge < -0.3 is 21.3 Å². The number of pyridine rings is 1. The Hall–Kier alpha value is -3.72. The number of aromatic nitrogens is 1. The van der Waals surface area contributed by atoms with Crippen molar-refractivity contribution in [3.8, 4) is 0 Å². The van der Waals surface area contributed by atoms with Gasteiger partial charge in [-0.15, -0.1) is 11.3 Å². The van der Waals surface area contributed by atoms with Crippen LogP contribution in [0, 0.1) is 5.92 Å². The smallest absolute Gasteiger partial charge is 0.265 e. The molecule has 8 nitrogen and oxygen atoms in total. The van der Waals surface area contributed by atoms with E-state index < -0.39 is 0 Å². The third-order valence-corrected chi connectivity index (χ3v) is 6.15. The predicted molar refractivity (Wildman–Crippen MR) is 125 cm³/mol. The van der Waals surface area contributed by atoms with Crippen molar-refractivity contribution >= 4 is 46.3 Å². The van der Waals surface area contributed by atoms with E-state index in [2.05, 4.69) is 15.6 Å². The van der Waals surface area contributed by atoms with Crippen LogP contribution in [-0.4, -0.2) is 35.8 Å². The number of hydrogen-bond donors (Lipinski definition) is 3. The van der Waals surface area contributed by atoms with E-state index in [-0.39, 0.29) is 23.6 Å². The molecule has 0 saturated carbocycles. The highest BCUT2D eigenvalue weighted by Crippen LogP contribution is 2.23. The van der Waals surface area contributed by atoms with Gasteiger partial charge in [-0.25, -0.2) is 4.98 Å². The summed E-state index contributed by atoms with van der Waals surface area (Å²) in [6, 6.07) is 13.9. The van der Waals surface area contributed by atoms with Crippen LogP contribution in [0.25, 0.3) is 0 Å². The van der Waals surface area contributed by atoms with Gasteiger partial charge in [0.25, 0.3) is 11.8 Å². The second-order valence-corrected chi connectivity index (χ2v) is 8.51. The molecule has 0 bridgehead atoms. The minimum Gasteiger partial charge on any atom is -0.369 e. The fourth-order valence-electron chi connectivity index (χ4n) is 3.61. The first-order valence-electron chi connectivity index (χ1n) is 10.3. The number of nitrogens with one attached hydrogen (secondary N) is 2. The van der Waals surface area contributed by atoms with Gasteiger partial charge in [-0.3, -0.25) is 14.4 Å². The summed E-state index contributed by atoms with van der Waals surface area (Å²) in [5.74, 6) is -0.232. The summed E-state index contributed by atoms with van der Waals surface area (Å²) in [5, 5.41) is 7.45. The molecule has 0 aliphatic carbocycles. The van der Waals surface area contributed by atoms with E-state index in [9.17, 15) is 14.4 Å². The summed E-state index contributed by atoms with van der Waals surface area (Å²) in [4.78, 5) is 43.5. The second-order valence-electron chi connectivity index (χ2n) is 7.56. The number of thiophene rings is 1. The Bertz CT molecular complexity index is 1110. The van der Waals surface area contributed by atoms with E-state index in [4.69, 9.17) is 5.73 Å². The van der Waals surface area contributed by atoms with E-state index in [1.54, 1.807) is 42.6 Å². The number of carbonyl (C=O) groups excluding carboxylic acids is 3. The van der Waals surface area contributed by atoms with Crippen molar-refractivity contribution in [2.24, 2.45) is 11.7 Å². The molecular weight excluding hydrogens is 426 g/mol. The standard InChI is InChI=1S/C23H23N5O3S/c24-21(29)16-5-2-10-28(14-16)20-9-8-18(13-25-20)27-22(30)15-4-1-6-17(12-15)26-23(31)19-7-3-11-32-19/h1,3-4,6-9,11-13,16H,2,5,10,14H2,(H2,24,29)(H,26,31)(H,27,30). The first-order valence-corrected chi connectivity index (χ1v) is 11.1. The number of primary amides is 1. The average Bonchev–Trinajstić information content (AvgIpc) is 3.35. The van der Waals surface area contributed by atoms with Crippen LogP contribution in [-0.2, 0) is 4.79 Å². The number of piperidine rings is 1. The molecule has 1 aliphatic rings. The Balaban J connectivity index is 1.38. The molecule has 3 amide bonds. The van der Waals surface area contributed by atoms with Gasteiger partial charge in [-0.2, -0.15) is 0 Å². The molecule has 1 fully saturated rings. The highest BCUT2D eigenvalue weighted by atomic mass is 32.1. The highest BCUT2D eigenvalue weighted by molar-refractivity contribution is 7.12. The fraction of sp³-hybridized carbons (Fsp3) is 0.217. The van der Waals surface area contributed by atoms with Crippen LogP contribution >= 0.6 is 11.3 Å². The molecule has 0 radical (unpaired) electrons. The molecule has 1 aromatic carbocycles. The van der Waals surface area contributed by atoms with Crippen molar-refractivity contribution < 1.29 is 14.4 Å². The van der Waals surface area contributed by atoms with Crippen molar-refractivity contribution in [1.29, 1.82) is 0 Å². The van der Waals surface area contributed by atoms with E-state index in [1.807, 2.05) is 22.4 Å². The number of nitrogens with two attached hydrogens (primary N) is 1. The zero-order valence-electron chi connectivity index (χ0n) is 17.3. The maximum Gasteiger partial charge on any atom is 0.265 e. The lowest BCUT2D eigenvalue weighted by Crippen LogP contribution is -2.41. The Labute approximate surface area is 189 Å². The molecule has 1 aliphatic heterocycles. The Kier molecular flexibility index (Phi) is 6.46. The largest absolute Gasteiger partial charge is 0.369 e. The number of rotatable bonds is 6. The molecule has 4 N–H and O–H groups in total. The number of anilines is 3. The van der Waals surface area contributed by atoms with Gasteiger partial charge in [0.15, 0.2) is 0 Å². The highest BCUT2D eigenvalue weighted by Gasteiger charge is 2.24. The van der Waals surface area contributed by atoms with Crippen molar-refractivity contribution in [3.05, 3.63) is 70.5 Å². The molecule has 1 unspecified atom stereocenters.